The van der Waals surface area contributed by atoms with Crippen molar-refractivity contribution in [3.63, 3.8) is 0 Å². The number of rotatable bonds is 10. The van der Waals surface area contributed by atoms with Gasteiger partial charge in [-0.25, -0.2) is 12.9 Å². The van der Waals surface area contributed by atoms with E-state index >= 15 is 0 Å². The lowest BCUT2D eigenvalue weighted by Crippen LogP contribution is -2.49. The molecule has 0 unspecified atom stereocenters. The van der Waals surface area contributed by atoms with Crippen molar-refractivity contribution in [2.45, 2.75) is 11.8 Å². The Labute approximate surface area is 240 Å². The van der Waals surface area contributed by atoms with Gasteiger partial charge < -0.3 is 4.90 Å². The quantitative estimate of drug-likeness (QED) is 0.194. The summed E-state index contributed by atoms with van der Waals surface area (Å²) < 4.78 is 54.2. The van der Waals surface area contributed by atoms with Crippen LogP contribution in [-0.2, 0) is 20.0 Å². The SMILES string of the molecule is C/C(=N/NS(=O)(=O)c1cc([N+](=O)[O-])ccc1N(C)CCN1CCN(S(C)(=O)=O)CC1)c1cnn2ccc(Br)cc12. The van der Waals surface area contributed by atoms with Crippen molar-refractivity contribution in [3.05, 3.63) is 62.9 Å². The number of nitrogens with zero attached hydrogens (tertiary/aromatic N) is 7. The molecule has 0 aliphatic carbocycles. The first-order valence-electron chi connectivity index (χ1n) is 12.1. The molecule has 0 atom stereocenters. The van der Waals surface area contributed by atoms with Gasteiger partial charge >= 0.3 is 0 Å². The van der Waals surface area contributed by atoms with E-state index in [1.165, 1.54) is 22.7 Å². The molecule has 40 heavy (non-hydrogen) atoms. The van der Waals surface area contributed by atoms with Gasteiger partial charge in [0, 0.05) is 74.7 Å². The number of nitro groups is 1. The fourth-order valence-electron chi connectivity index (χ4n) is 4.32. The highest BCUT2D eigenvalue weighted by Crippen LogP contribution is 2.29. The van der Waals surface area contributed by atoms with Crippen LogP contribution in [0, 0.1) is 10.1 Å². The summed E-state index contributed by atoms with van der Waals surface area (Å²) in [5, 5.41) is 19.8. The molecule has 216 valence electrons. The fraction of sp³-hybridized carbons (Fsp3) is 0.391. The number of benzene rings is 1. The molecule has 1 aromatic carbocycles. The number of aromatic nitrogens is 2. The Hall–Kier alpha value is -3.12. The molecule has 1 aliphatic rings. The molecule has 17 heteroatoms. The number of halogens is 1. The smallest absolute Gasteiger partial charge is 0.278 e. The van der Waals surface area contributed by atoms with Gasteiger partial charge in [0.15, 0.2) is 0 Å². The van der Waals surface area contributed by atoms with E-state index in [1.807, 2.05) is 12.1 Å². The Kier molecular flexibility index (Phi) is 8.79. The van der Waals surface area contributed by atoms with Gasteiger partial charge in [0.1, 0.15) is 4.90 Å². The van der Waals surface area contributed by atoms with Gasteiger partial charge in [-0.1, -0.05) is 15.9 Å². The molecule has 14 nitrogen and oxygen atoms in total. The van der Waals surface area contributed by atoms with E-state index < -0.39 is 25.0 Å². The topological polar surface area (TPSA) is 163 Å². The van der Waals surface area contributed by atoms with Gasteiger partial charge in [-0.05, 0) is 25.1 Å². The molecular weight excluding hydrogens is 628 g/mol. The number of likely N-dealkylation sites (N-methyl/N-ethyl adjacent to an activating group) is 1. The third-order valence-corrected chi connectivity index (χ3v) is 9.65. The minimum atomic E-state index is -4.31. The van der Waals surface area contributed by atoms with E-state index in [0.29, 0.717) is 56.1 Å². The van der Waals surface area contributed by atoms with Crippen LogP contribution in [0.4, 0.5) is 11.4 Å². The lowest BCUT2D eigenvalue weighted by molar-refractivity contribution is -0.385. The first-order chi connectivity index (χ1) is 18.8. The zero-order valence-electron chi connectivity index (χ0n) is 22.1. The third-order valence-electron chi connectivity index (χ3n) is 6.61. The maximum Gasteiger partial charge on any atom is 0.278 e. The van der Waals surface area contributed by atoms with Crippen molar-refractivity contribution in [3.8, 4) is 0 Å². The van der Waals surface area contributed by atoms with Crippen molar-refractivity contribution in [1.82, 2.24) is 23.7 Å². The maximum atomic E-state index is 13.4. The highest BCUT2D eigenvalue weighted by atomic mass is 79.9. The monoisotopic (exact) mass is 656 g/mol. The van der Waals surface area contributed by atoms with E-state index in [4.69, 9.17) is 0 Å². The first kappa shape index (κ1) is 29.9. The van der Waals surface area contributed by atoms with Gasteiger partial charge in [0.2, 0.25) is 10.0 Å². The molecule has 3 aromatic rings. The lowest BCUT2D eigenvalue weighted by atomic mass is 10.2. The minimum absolute atomic E-state index is 0.264. The maximum absolute atomic E-state index is 13.4. The van der Waals surface area contributed by atoms with Crippen molar-refractivity contribution in [2.24, 2.45) is 5.10 Å². The predicted molar refractivity (Wildman–Crippen MR) is 155 cm³/mol. The van der Waals surface area contributed by atoms with Gasteiger partial charge in [-0.2, -0.15) is 27.8 Å². The first-order valence-corrected chi connectivity index (χ1v) is 16.2. The number of sulfonamides is 2. The lowest BCUT2D eigenvalue weighted by Gasteiger charge is -2.34. The van der Waals surface area contributed by atoms with Gasteiger partial charge in [0.05, 0.1) is 34.3 Å². The van der Waals surface area contributed by atoms with Crippen LogP contribution in [0.2, 0.25) is 0 Å². The number of nitro benzene ring substituents is 1. The normalized spacial score (nSPS) is 15.8. The van der Waals surface area contributed by atoms with Crippen LogP contribution < -0.4 is 9.73 Å². The van der Waals surface area contributed by atoms with Crippen LogP contribution in [0.1, 0.15) is 12.5 Å². The number of nitrogens with one attached hydrogen (secondary N) is 1. The summed E-state index contributed by atoms with van der Waals surface area (Å²) in [6.07, 6.45) is 4.50. The number of hydrazone groups is 1. The summed E-state index contributed by atoms with van der Waals surface area (Å²) in [5.74, 6) is 0. The van der Waals surface area contributed by atoms with Crippen LogP contribution in [0.5, 0.6) is 0 Å². The number of non-ortho nitro benzene ring substituents is 1. The minimum Gasteiger partial charge on any atom is -0.372 e. The molecule has 2 aromatic heterocycles. The van der Waals surface area contributed by atoms with Gasteiger partial charge in [-0.3, -0.25) is 15.0 Å². The standard InChI is InChI=1S/C23H29BrN8O6S2/c1-17(20-16-25-31-7-6-18(24)14-22(20)31)26-27-40(37,38)23-15-19(32(33)34)4-5-21(23)28(2)8-9-29-10-12-30(13-11-29)39(3,35)36/h4-7,14-16,27H,8-13H2,1-3H3/b26-17-. The highest BCUT2D eigenvalue weighted by molar-refractivity contribution is 9.10. The van der Waals surface area contributed by atoms with E-state index in [1.54, 1.807) is 35.8 Å². The van der Waals surface area contributed by atoms with Crippen LogP contribution >= 0.6 is 15.9 Å². The summed E-state index contributed by atoms with van der Waals surface area (Å²) in [6.45, 7) is 4.42. The second-order valence-electron chi connectivity index (χ2n) is 9.36. The van der Waals surface area contributed by atoms with Crippen molar-refractivity contribution >= 4 is 58.6 Å². The Morgan fingerprint density at radius 2 is 1.88 bits per heavy atom. The summed E-state index contributed by atoms with van der Waals surface area (Å²) in [6, 6.07) is 7.30. The Balaban J connectivity index is 1.54. The van der Waals surface area contributed by atoms with Gasteiger partial charge in [0.25, 0.3) is 15.7 Å². The zero-order valence-corrected chi connectivity index (χ0v) is 25.3. The van der Waals surface area contributed by atoms with Crippen LogP contribution in [0.15, 0.2) is 57.2 Å². The number of hydrogen-bond donors (Lipinski definition) is 1. The molecule has 1 fully saturated rings. The van der Waals surface area contributed by atoms with Crippen LogP contribution in [0.3, 0.4) is 0 Å². The van der Waals surface area contributed by atoms with Crippen molar-refractivity contribution in [1.29, 1.82) is 0 Å². The largest absolute Gasteiger partial charge is 0.372 e. The van der Waals surface area contributed by atoms with Crippen LogP contribution in [0.25, 0.3) is 5.52 Å². The summed E-state index contributed by atoms with van der Waals surface area (Å²) in [7, 11) is -5.87. The highest BCUT2D eigenvalue weighted by Gasteiger charge is 2.26. The average Bonchev–Trinajstić information content (AvgIpc) is 3.33. The molecule has 3 heterocycles. The Bertz CT molecular complexity index is 1670. The Morgan fingerprint density at radius 3 is 2.52 bits per heavy atom. The van der Waals surface area contributed by atoms with E-state index in [9.17, 15) is 26.9 Å². The predicted octanol–water partition coefficient (Wildman–Crippen LogP) is 1.72. The number of hydrogen-bond acceptors (Lipinski definition) is 10. The van der Waals surface area contributed by atoms with Crippen molar-refractivity contribution in [2.75, 3.05) is 57.5 Å². The molecule has 1 aliphatic heterocycles. The van der Waals surface area contributed by atoms with E-state index in [2.05, 4.69) is 35.9 Å². The molecular formula is C23H29BrN8O6S2. The molecule has 0 saturated carbocycles. The number of piperazine rings is 1. The average molecular weight is 658 g/mol. The molecule has 0 spiro atoms. The fourth-order valence-corrected chi connectivity index (χ4v) is 6.61. The van der Waals surface area contributed by atoms with Crippen LogP contribution in [-0.4, -0.2) is 98.9 Å². The number of anilines is 1. The third kappa shape index (κ3) is 6.77. The number of fused-ring (bicyclic) bond motifs is 1. The molecule has 4 rings (SSSR count). The second-order valence-corrected chi connectivity index (χ2v) is 13.9. The molecule has 1 N–H and O–H groups in total. The number of pyridine rings is 1. The zero-order chi connectivity index (χ0) is 29.2. The van der Waals surface area contributed by atoms with Gasteiger partial charge in [-0.15, -0.1) is 0 Å². The summed E-state index contributed by atoms with van der Waals surface area (Å²) in [4.78, 5) is 16.5. The second kappa shape index (κ2) is 11.8. The Morgan fingerprint density at radius 1 is 1.18 bits per heavy atom. The molecule has 0 bridgehead atoms. The molecule has 1 saturated heterocycles. The summed E-state index contributed by atoms with van der Waals surface area (Å²) >= 11 is 3.41. The molecule has 0 radical (unpaired) electrons. The summed E-state index contributed by atoms with van der Waals surface area (Å²) in [5.41, 5.74) is 1.56. The molecule has 0 amide bonds. The van der Waals surface area contributed by atoms with E-state index in [-0.39, 0.29) is 16.3 Å². The van der Waals surface area contributed by atoms with E-state index in [0.717, 1.165) is 10.5 Å². The van der Waals surface area contributed by atoms with Crippen molar-refractivity contribution < 1.29 is 21.8 Å².